The van der Waals surface area contributed by atoms with Crippen LogP contribution in [0.2, 0.25) is 0 Å². The van der Waals surface area contributed by atoms with Gasteiger partial charge in [-0.25, -0.2) is 0 Å². The molecule has 0 radical (unpaired) electrons. The number of piperidine rings is 1. The zero-order valence-corrected chi connectivity index (χ0v) is 13.4. The summed E-state index contributed by atoms with van der Waals surface area (Å²) in [6.45, 7) is 15.1. The van der Waals surface area contributed by atoms with Gasteiger partial charge in [0.1, 0.15) is 0 Å². The second kappa shape index (κ2) is 8.32. The molecule has 0 atom stereocenters. The summed E-state index contributed by atoms with van der Waals surface area (Å²) in [5.74, 6) is 0. The van der Waals surface area contributed by atoms with Crippen molar-refractivity contribution < 1.29 is 9.47 Å². The van der Waals surface area contributed by atoms with Crippen LogP contribution in [0.15, 0.2) is 0 Å². The van der Waals surface area contributed by atoms with E-state index in [0.29, 0.717) is 5.41 Å². The lowest BCUT2D eigenvalue weighted by Crippen LogP contribution is -2.60. The van der Waals surface area contributed by atoms with Crippen molar-refractivity contribution in [1.29, 1.82) is 0 Å². The lowest BCUT2D eigenvalue weighted by molar-refractivity contribution is -0.0590. The van der Waals surface area contributed by atoms with Crippen LogP contribution >= 0.6 is 0 Å². The molecule has 0 unspecified atom stereocenters. The second-order valence-electron chi connectivity index (χ2n) is 6.36. The molecule has 4 heteroatoms. The van der Waals surface area contributed by atoms with E-state index in [1.165, 1.54) is 39.0 Å². The van der Waals surface area contributed by atoms with Crippen molar-refractivity contribution in [2.24, 2.45) is 5.41 Å². The Morgan fingerprint density at radius 3 is 2.15 bits per heavy atom. The maximum absolute atomic E-state index is 5.59. The van der Waals surface area contributed by atoms with E-state index in [9.17, 15) is 0 Å². The van der Waals surface area contributed by atoms with Crippen LogP contribution in [0.3, 0.4) is 0 Å². The fourth-order valence-electron chi connectivity index (χ4n) is 3.41. The Morgan fingerprint density at radius 2 is 1.50 bits per heavy atom. The van der Waals surface area contributed by atoms with Crippen LogP contribution in [-0.2, 0) is 9.47 Å². The Labute approximate surface area is 124 Å². The molecule has 0 aromatic heterocycles. The van der Waals surface area contributed by atoms with Crippen LogP contribution < -0.4 is 0 Å². The Balaban J connectivity index is 1.54. The van der Waals surface area contributed by atoms with Gasteiger partial charge in [0.2, 0.25) is 0 Å². The highest BCUT2D eigenvalue weighted by atomic mass is 16.5. The molecule has 0 N–H and O–H groups in total. The van der Waals surface area contributed by atoms with Gasteiger partial charge in [-0.15, -0.1) is 0 Å². The van der Waals surface area contributed by atoms with E-state index in [-0.39, 0.29) is 0 Å². The summed E-state index contributed by atoms with van der Waals surface area (Å²) in [6, 6.07) is 0. The normalized spacial score (nSPS) is 23.1. The first kappa shape index (κ1) is 16.2. The maximum atomic E-state index is 5.59. The molecule has 2 fully saturated rings. The molecule has 2 saturated heterocycles. The number of nitrogens with zero attached hydrogens (tertiary/aromatic N) is 2. The minimum atomic E-state index is 0.632. The number of ether oxygens (including phenoxy) is 2. The third-order valence-corrected chi connectivity index (χ3v) is 4.69. The zero-order chi connectivity index (χ0) is 14.3. The van der Waals surface area contributed by atoms with E-state index in [0.717, 1.165) is 45.9 Å². The monoisotopic (exact) mass is 284 g/mol. The molecule has 20 heavy (non-hydrogen) atoms. The molecule has 0 aromatic carbocycles. The van der Waals surface area contributed by atoms with Gasteiger partial charge in [-0.05, 0) is 44.7 Å². The molecule has 118 valence electrons. The predicted octanol–water partition coefficient (Wildman–Crippen LogP) is 1.85. The molecule has 1 spiro atoms. The highest BCUT2D eigenvalue weighted by Gasteiger charge is 2.44. The number of hydrogen-bond acceptors (Lipinski definition) is 4. The second-order valence-corrected chi connectivity index (χ2v) is 6.36. The maximum Gasteiger partial charge on any atom is 0.0593 e. The van der Waals surface area contributed by atoms with Crippen molar-refractivity contribution in [2.45, 2.75) is 33.1 Å². The predicted molar refractivity (Wildman–Crippen MR) is 82.2 cm³/mol. The first-order valence-corrected chi connectivity index (χ1v) is 8.38. The van der Waals surface area contributed by atoms with Crippen LogP contribution in [0.1, 0.15) is 33.1 Å². The minimum absolute atomic E-state index is 0.632. The highest BCUT2D eigenvalue weighted by Crippen LogP contribution is 2.40. The molecule has 4 nitrogen and oxygen atoms in total. The van der Waals surface area contributed by atoms with E-state index in [1.54, 1.807) is 0 Å². The fourth-order valence-corrected chi connectivity index (χ4v) is 3.41. The molecule has 0 amide bonds. The number of rotatable bonds is 9. The lowest BCUT2D eigenvalue weighted by atomic mass is 9.72. The summed E-state index contributed by atoms with van der Waals surface area (Å²) in [5, 5.41) is 0. The zero-order valence-electron chi connectivity index (χ0n) is 13.4. The summed E-state index contributed by atoms with van der Waals surface area (Å²) in [4.78, 5) is 5.12. The Morgan fingerprint density at radius 1 is 0.850 bits per heavy atom. The number of hydrogen-bond donors (Lipinski definition) is 0. The molecule has 0 aromatic rings. The molecule has 2 aliphatic heterocycles. The lowest BCUT2D eigenvalue weighted by Gasteiger charge is -2.54. The van der Waals surface area contributed by atoms with Crippen molar-refractivity contribution in [1.82, 2.24) is 9.80 Å². The van der Waals surface area contributed by atoms with Crippen molar-refractivity contribution in [3.05, 3.63) is 0 Å². The molecular formula is C16H32N2O2. The standard InChI is InChI=1S/C16H32N2O2/c1-3-11-20-13-9-17-7-5-16(6-8-17)14-18(15-16)10-12-19-4-2/h3-15H2,1-2H3. The van der Waals surface area contributed by atoms with E-state index in [2.05, 4.69) is 23.6 Å². The van der Waals surface area contributed by atoms with E-state index >= 15 is 0 Å². The summed E-state index contributed by atoms with van der Waals surface area (Å²) in [6.07, 6.45) is 3.86. The van der Waals surface area contributed by atoms with Crippen molar-refractivity contribution in [2.75, 3.05) is 65.7 Å². The van der Waals surface area contributed by atoms with Crippen molar-refractivity contribution >= 4 is 0 Å². The molecule has 2 heterocycles. The van der Waals surface area contributed by atoms with Gasteiger partial charge in [0.25, 0.3) is 0 Å². The van der Waals surface area contributed by atoms with Crippen molar-refractivity contribution in [3.8, 4) is 0 Å². The van der Waals surface area contributed by atoms with Gasteiger partial charge < -0.3 is 14.4 Å². The molecule has 0 aliphatic carbocycles. The summed E-state index contributed by atoms with van der Waals surface area (Å²) < 4.78 is 11.0. The highest BCUT2D eigenvalue weighted by molar-refractivity contribution is 4.98. The van der Waals surface area contributed by atoms with Crippen LogP contribution in [0, 0.1) is 5.41 Å². The van der Waals surface area contributed by atoms with E-state index in [1.807, 2.05) is 0 Å². The Kier molecular flexibility index (Phi) is 6.75. The van der Waals surface area contributed by atoms with E-state index < -0.39 is 0 Å². The molecule has 2 rings (SSSR count). The van der Waals surface area contributed by atoms with Gasteiger partial charge in [0.15, 0.2) is 0 Å². The molecule has 2 aliphatic rings. The average Bonchev–Trinajstić information content (AvgIpc) is 2.43. The quantitative estimate of drug-likeness (QED) is 0.603. The summed E-state index contributed by atoms with van der Waals surface area (Å²) >= 11 is 0. The number of likely N-dealkylation sites (tertiary alicyclic amines) is 2. The average molecular weight is 284 g/mol. The Bertz CT molecular complexity index is 257. The van der Waals surface area contributed by atoms with Gasteiger partial charge in [0, 0.05) is 39.4 Å². The molecule has 0 bridgehead atoms. The van der Waals surface area contributed by atoms with Crippen LogP contribution in [-0.4, -0.2) is 75.5 Å². The largest absolute Gasteiger partial charge is 0.380 e. The first-order valence-electron chi connectivity index (χ1n) is 8.38. The van der Waals surface area contributed by atoms with Gasteiger partial charge in [0.05, 0.1) is 13.2 Å². The summed E-state index contributed by atoms with van der Waals surface area (Å²) in [7, 11) is 0. The smallest absolute Gasteiger partial charge is 0.0593 e. The van der Waals surface area contributed by atoms with Gasteiger partial charge in [-0.3, -0.25) is 4.90 Å². The third-order valence-electron chi connectivity index (χ3n) is 4.69. The first-order chi connectivity index (χ1) is 9.78. The SMILES string of the molecule is CCCOCCN1CCC2(CC1)CN(CCOCC)C2. The molecule has 0 saturated carbocycles. The minimum Gasteiger partial charge on any atom is -0.380 e. The van der Waals surface area contributed by atoms with E-state index in [4.69, 9.17) is 9.47 Å². The fraction of sp³-hybridized carbons (Fsp3) is 1.00. The summed E-state index contributed by atoms with van der Waals surface area (Å²) in [5.41, 5.74) is 0.632. The van der Waals surface area contributed by atoms with Gasteiger partial charge in [-0.2, -0.15) is 0 Å². The van der Waals surface area contributed by atoms with Crippen LogP contribution in [0.4, 0.5) is 0 Å². The van der Waals surface area contributed by atoms with Crippen molar-refractivity contribution in [3.63, 3.8) is 0 Å². The topological polar surface area (TPSA) is 24.9 Å². The van der Waals surface area contributed by atoms with Crippen LogP contribution in [0.5, 0.6) is 0 Å². The third kappa shape index (κ3) is 4.69. The van der Waals surface area contributed by atoms with Gasteiger partial charge >= 0.3 is 0 Å². The Hall–Kier alpha value is -0.160. The van der Waals surface area contributed by atoms with Crippen LogP contribution in [0.25, 0.3) is 0 Å². The molecular weight excluding hydrogens is 252 g/mol. The van der Waals surface area contributed by atoms with Gasteiger partial charge in [-0.1, -0.05) is 6.92 Å².